The Hall–Kier alpha value is -1.96. The van der Waals surface area contributed by atoms with Crippen molar-refractivity contribution in [1.82, 2.24) is 0 Å². The maximum Gasteiger partial charge on any atom is 0.335 e. The van der Waals surface area contributed by atoms with Crippen LogP contribution in [0.4, 0.5) is 5.69 Å². The Morgan fingerprint density at radius 2 is 1.84 bits per heavy atom. The van der Waals surface area contributed by atoms with Gasteiger partial charge in [0.05, 0.1) is 16.2 Å². The third kappa shape index (κ3) is 3.53. The summed E-state index contributed by atoms with van der Waals surface area (Å²) in [6.45, 7) is 1.88. The number of hydrogen-bond acceptors (Lipinski definition) is 4. The Morgan fingerprint density at radius 3 is 2.52 bits per heavy atom. The number of allylic oxidation sites excluding steroid dienone is 1. The van der Waals surface area contributed by atoms with Crippen LogP contribution in [0.3, 0.4) is 0 Å². The lowest BCUT2D eigenvalue weighted by atomic mass is 10.1. The average Bonchev–Trinajstić information content (AvgIpc) is 2.88. The summed E-state index contributed by atoms with van der Waals surface area (Å²) in [5.41, 5.74) is 2.32. The molecule has 1 aliphatic rings. The Labute approximate surface area is 162 Å². The van der Waals surface area contributed by atoms with E-state index in [1.165, 1.54) is 28.8 Å². The fraction of sp³-hybridized carbons (Fsp3) is 0.0556. The molecule has 1 aliphatic heterocycles. The number of nitrogens with zero attached hydrogens (tertiary/aromatic N) is 1. The number of hydrogen-bond donors (Lipinski definition) is 1. The van der Waals surface area contributed by atoms with Crippen LogP contribution in [-0.4, -0.2) is 21.3 Å². The summed E-state index contributed by atoms with van der Waals surface area (Å²) in [4.78, 5) is 26.0. The second-order valence-corrected chi connectivity index (χ2v) is 7.89. The van der Waals surface area contributed by atoms with Crippen LogP contribution < -0.4 is 4.90 Å². The lowest BCUT2D eigenvalue weighted by Crippen LogP contribution is -2.27. The maximum atomic E-state index is 12.9. The number of benzene rings is 2. The average molecular weight is 434 g/mol. The monoisotopic (exact) mass is 433 g/mol. The van der Waals surface area contributed by atoms with E-state index in [9.17, 15) is 9.59 Å². The van der Waals surface area contributed by atoms with Crippen molar-refractivity contribution in [1.29, 1.82) is 0 Å². The molecular weight excluding hydrogens is 422 g/mol. The van der Waals surface area contributed by atoms with E-state index in [1.807, 2.05) is 31.2 Å². The molecule has 1 saturated heterocycles. The predicted molar refractivity (Wildman–Crippen MR) is 108 cm³/mol. The van der Waals surface area contributed by atoms with Gasteiger partial charge in [0, 0.05) is 4.47 Å². The number of carboxylic acid groups (broad SMARTS) is 1. The molecule has 1 amide bonds. The first-order chi connectivity index (χ1) is 11.9. The summed E-state index contributed by atoms with van der Waals surface area (Å²) in [7, 11) is 0. The maximum absolute atomic E-state index is 12.9. The second kappa shape index (κ2) is 7.11. The molecule has 1 heterocycles. The zero-order chi connectivity index (χ0) is 18.1. The number of aromatic carboxylic acids is 1. The SMILES string of the molecule is C/C(=C1/SC(=S)N(c2cccc(C(=O)O)c2)C1=O)c1cccc(Br)c1. The van der Waals surface area contributed by atoms with Gasteiger partial charge in [0.25, 0.3) is 5.91 Å². The highest BCUT2D eigenvalue weighted by Gasteiger charge is 2.35. The molecule has 0 aromatic heterocycles. The van der Waals surface area contributed by atoms with Crippen LogP contribution in [0.1, 0.15) is 22.8 Å². The first-order valence-electron chi connectivity index (χ1n) is 7.25. The van der Waals surface area contributed by atoms with Gasteiger partial charge >= 0.3 is 5.97 Å². The lowest BCUT2D eigenvalue weighted by molar-refractivity contribution is -0.113. The minimum atomic E-state index is -1.05. The largest absolute Gasteiger partial charge is 0.478 e. The zero-order valence-corrected chi connectivity index (χ0v) is 16.2. The van der Waals surface area contributed by atoms with Crippen molar-refractivity contribution in [2.24, 2.45) is 0 Å². The summed E-state index contributed by atoms with van der Waals surface area (Å²) >= 11 is 10.0. The minimum Gasteiger partial charge on any atom is -0.478 e. The highest BCUT2D eigenvalue weighted by Crippen LogP contribution is 2.39. The van der Waals surface area contributed by atoms with Gasteiger partial charge < -0.3 is 5.11 Å². The fourth-order valence-corrected chi connectivity index (χ4v) is 4.19. The molecule has 0 bridgehead atoms. The van der Waals surface area contributed by atoms with Crippen LogP contribution in [0.5, 0.6) is 0 Å². The molecule has 0 unspecified atom stereocenters. The predicted octanol–water partition coefficient (Wildman–Crippen LogP) is 4.94. The summed E-state index contributed by atoms with van der Waals surface area (Å²) in [5, 5.41) is 9.14. The standard InChI is InChI=1S/C18H12BrNO3S2/c1-10(11-4-2-6-13(19)8-11)15-16(21)20(18(24)25-15)14-7-3-5-12(9-14)17(22)23/h2-9H,1H3,(H,22,23)/b15-10-. The zero-order valence-electron chi connectivity index (χ0n) is 13.0. The Morgan fingerprint density at radius 1 is 1.16 bits per heavy atom. The molecule has 0 atom stereocenters. The number of carbonyl (C=O) groups excluding carboxylic acids is 1. The van der Waals surface area contributed by atoms with E-state index >= 15 is 0 Å². The fourth-order valence-electron chi connectivity index (χ4n) is 2.45. The van der Waals surface area contributed by atoms with E-state index in [4.69, 9.17) is 17.3 Å². The molecular formula is C18H12BrNO3S2. The third-order valence-electron chi connectivity index (χ3n) is 3.72. The molecule has 0 saturated carbocycles. The smallest absolute Gasteiger partial charge is 0.335 e. The molecule has 4 nitrogen and oxygen atoms in total. The third-order valence-corrected chi connectivity index (χ3v) is 5.69. The first kappa shape index (κ1) is 17.8. The second-order valence-electron chi connectivity index (χ2n) is 5.33. The number of thiocarbonyl (C=S) groups is 1. The molecule has 0 radical (unpaired) electrons. The van der Waals surface area contributed by atoms with Crippen LogP contribution in [0.25, 0.3) is 5.57 Å². The molecule has 1 fully saturated rings. The first-order valence-corrected chi connectivity index (χ1v) is 9.26. The number of anilines is 1. The van der Waals surface area contributed by atoms with Gasteiger partial charge in [-0.25, -0.2) is 4.79 Å². The number of amides is 1. The van der Waals surface area contributed by atoms with Crippen LogP contribution in [0, 0.1) is 0 Å². The normalized spacial score (nSPS) is 16.3. The number of halogens is 1. The van der Waals surface area contributed by atoms with Crippen molar-refractivity contribution in [2.75, 3.05) is 4.90 Å². The molecule has 25 heavy (non-hydrogen) atoms. The molecule has 1 N–H and O–H groups in total. The van der Waals surface area contributed by atoms with E-state index in [-0.39, 0.29) is 11.5 Å². The van der Waals surface area contributed by atoms with Crippen molar-refractivity contribution in [3.63, 3.8) is 0 Å². The van der Waals surface area contributed by atoms with Crippen LogP contribution in [0.15, 0.2) is 57.9 Å². The molecule has 3 rings (SSSR count). The molecule has 2 aromatic carbocycles. The van der Waals surface area contributed by atoms with Crippen molar-refractivity contribution < 1.29 is 14.7 Å². The van der Waals surface area contributed by atoms with Crippen LogP contribution in [0.2, 0.25) is 0 Å². The van der Waals surface area contributed by atoms with E-state index in [1.54, 1.807) is 12.1 Å². The van der Waals surface area contributed by atoms with Gasteiger partial charge in [0.1, 0.15) is 0 Å². The molecule has 0 aliphatic carbocycles. The summed E-state index contributed by atoms with van der Waals surface area (Å²) < 4.78 is 1.31. The summed E-state index contributed by atoms with van der Waals surface area (Å²) in [6.07, 6.45) is 0. The van der Waals surface area contributed by atoms with E-state index in [0.29, 0.717) is 14.9 Å². The van der Waals surface area contributed by atoms with Gasteiger partial charge in [-0.05, 0) is 48.4 Å². The molecule has 2 aromatic rings. The van der Waals surface area contributed by atoms with E-state index < -0.39 is 5.97 Å². The van der Waals surface area contributed by atoms with Gasteiger partial charge in [0.15, 0.2) is 4.32 Å². The van der Waals surface area contributed by atoms with Crippen LogP contribution >= 0.6 is 39.9 Å². The summed E-state index contributed by atoms with van der Waals surface area (Å²) in [5.74, 6) is -1.29. The molecule has 7 heteroatoms. The highest BCUT2D eigenvalue weighted by molar-refractivity contribution is 9.10. The summed E-state index contributed by atoms with van der Waals surface area (Å²) in [6, 6.07) is 13.9. The number of thioether (sulfide) groups is 1. The highest BCUT2D eigenvalue weighted by atomic mass is 79.9. The van der Waals surface area contributed by atoms with Gasteiger partial charge in [-0.3, -0.25) is 9.69 Å². The minimum absolute atomic E-state index is 0.110. The van der Waals surface area contributed by atoms with E-state index in [2.05, 4.69) is 15.9 Å². The quantitative estimate of drug-likeness (QED) is 0.548. The van der Waals surface area contributed by atoms with Gasteiger partial charge in [-0.2, -0.15) is 0 Å². The van der Waals surface area contributed by atoms with Gasteiger partial charge in [0.2, 0.25) is 0 Å². The number of carboxylic acids is 1. The molecule has 126 valence electrons. The van der Waals surface area contributed by atoms with Crippen molar-refractivity contribution in [2.45, 2.75) is 6.92 Å². The number of carbonyl (C=O) groups is 2. The Balaban J connectivity index is 2.02. The Bertz CT molecular complexity index is 939. The van der Waals surface area contributed by atoms with Crippen LogP contribution in [-0.2, 0) is 4.79 Å². The van der Waals surface area contributed by atoms with Gasteiger partial charge in [-0.15, -0.1) is 0 Å². The van der Waals surface area contributed by atoms with Crippen molar-refractivity contribution >= 4 is 67.4 Å². The molecule has 0 spiro atoms. The van der Waals surface area contributed by atoms with Crippen molar-refractivity contribution in [3.8, 4) is 0 Å². The Kier molecular flexibility index (Phi) is 5.08. The lowest BCUT2D eigenvalue weighted by Gasteiger charge is -2.15. The van der Waals surface area contributed by atoms with E-state index in [0.717, 1.165) is 15.6 Å². The topological polar surface area (TPSA) is 57.6 Å². The van der Waals surface area contributed by atoms with Gasteiger partial charge in [-0.1, -0.05) is 58.1 Å². The number of rotatable bonds is 3. The van der Waals surface area contributed by atoms with Crippen molar-refractivity contribution in [3.05, 3.63) is 69.0 Å².